The molecule has 0 radical (unpaired) electrons. The summed E-state index contributed by atoms with van der Waals surface area (Å²) >= 11 is 0. The first-order valence-electron chi connectivity index (χ1n) is 35.0. The number of carbonyl (C=O) groups excluding carboxylic acids is 6. The zero-order valence-corrected chi connectivity index (χ0v) is 57.4. The summed E-state index contributed by atoms with van der Waals surface area (Å²) in [6, 6.07) is 55.9. The first kappa shape index (κ1) is 70.0. The molecule has 10 aromatic rings. The second-order valence-corrected chi connectivity index (χ2v) is 26.8. The maximum Gasteiger partial charge on any atom is 0.407 e. The van der Waals surface area contributed by atoms with E-state index in [4.69, 9.17) is 28.4 Å². The number of carboxylic acid groups (broad SMARTS) is 2. The monoisotopic (exact) mass is 1450 g/mol. The van der Waals surface area contributed by atoms with Crippen LogP contribution in [0.4, 0.5) is 9.59 Å². The number of aromatic hydroxyl groups is 4. The second-order valence-electron chi connectivity index (χ2n) is 26.8. The zero-order valence-electron chi connectivity index (χ0n) is 57.4. The Morgan fingerprint density at radius 2 is 0.722 bits per heavy atom. The van der Waals surface area contributed by atoms with Gasteiger partial charge in [0.2, 0.25) is 0 Å². The summed E-state index contributed by atoms with van der Waals surface area (Å²) in [5.41, 5.74) is 8.65. The molecule has 10 N–H and O–H groups in total. The third kappa shape index (κ3) is 12.9. The fourth-order valence-corrected chi connectivity index (χ4v) is 15.3. The van der Waals surface area contributed by atoms with Crippen molar-refractivity contribution in [1.82, 2.24) is 21.3 Å². The van der Waals surface area contributed by atoms with Crippen molar-refractivity contribution in [3.05, 3.63) is 284 Å². The summed E-state index contributed by atoms with van der Waals surface area (Å²) in [6.07, 6.45) is 0.692. The van der Waals surface area contributed by atoms with E-state index in [2.05, 4.69) is 45.5 Å². The van der Waals surface area contributed by atoms with E-state index in [-0.39, 0.29) is 119 Å². The minimum Gasteiger partial charge on any atom is -0.508 e. The van der Waals surface area contributed by atoms with E-state index in [1.807, 2.05) is 72.8 Å². The van der Waals surface area contributed by atoms with Crippen molar-refractivity contribution < 1.29 is 97.4 Å². The fraction of sp³-hybridized carbons (Fsp3) is 0.190. The Labute approximate surface area is 616 Å². The number of phenolic OH excluding ortho intramolecular Hbond substituents is 4. The third-order valence-electron chi connectivity index (χ3n) is 20.3. The molecular weight excluding hydrogens is 1380 g/mol. The minimum atomic E-state index is -1.58. The third-order valence-corrected chi connectivity index (χ3v) is 20.3. The molecule has 0 aromatic heterocycles. The maximum absolute atomic E-state index is 13.5. The van der Waals surface area contributed by atoms with E-state index >= 15 is 0 Å². The molecule has 4 heterocycles. The maximum atomic E-state index is 13.5. The van der Waals surface area contributed by atoms with Crippen molar-refractivity contribution >= 4 is 47.9 Å². The van der Waals surface area contributed by atoms with Gasteiger partial charge in [-0.05, 0) is 162 Å². The van der Waals surface area contributed by atoms with Gasteiger partial charge in [0.25, 0.3) is 11.8 Å². The Morgan fingerprint density at radius 1 is 0.380 bits per heavy atom. The average molecular weight is 1450 g/mol. The highest BCUT2D eigenvalue weighted by Gasteiger charge is 2.56. The Bertz CT molecular complexity index is 5170. The van der Waals surface area contributed by atoms with Crippen LogP contribution < -0.4 is 30.7 Å². The lowest BCUT2D eigenvalue weighted by atomic mass is 9.77. The predicted molar refractivity (Wildman–Crippen MR) is 388 cm³/mol. The quantitative estimate of drug-likeness (QED) is 0.0192. The first-order chi connectivity index (χ1) is 52.3. The van der Waals surface area contributed by atoms with Gasteiger partial charge in [0, 0.05) is 93.7 Å². The van der Waals surface area contributed by atoms with Crippen LogP contribution in [0.2, 0.25) is 0 Å². The topological polar surface area (TPSA) is 361 Å². The Morgan fingerprint density at radius 3 is 1.11 bits per heavy atom. The van der Waals surface area contributed by atoms with Gasteiger partial charge in [0.05, 0.1) is 11.1 Å². The number of alkyl carbamates (subject to hydrolysis) is 2. The van der Waals surface area contributed by atoms with Gasteiger partial charge >= 0.3 is 36.1 Å². The normalized spacial score (nSPS) is 14.7. The molecule has 4 amide bonds. The van der Waals surface area contributed by atoms with Crippen molar-refractivity contribution in [2.75, 3.05) is 26.3 Å². The molecule has 4 aliphatic heterocycles. The summed E-state index contributed by atoms with van der Waals surface area (Å²) in [5, 5.41) is 71.1. The summed E-state index contributed by atoms with van der Waals surface area (Å²) in [6.45, 7) is 0.859. The molecule has 108 heavy (non-hydrogen) atoms. The molecule has 10 aromatic carbocycles. The standard InChI is InChI=1S/2C42H34N2O10/c45-24-13-16-33-36(20-24)53-37-21-25(46)14-17-34(37)42(33)32-15-12-23(19-30(32)40(50)54-42)38(47)44-35(39(48)49)11-5-6-18-43-41(51)52-22-31-28-9-3-1-7-26(28)27-8-2-4-10-29(27)31;45-24-13-16-32-36(20-24)53-37-21-25(46)14-17-33(37)42(32)34-19-23(12-15-30(34)40(50)54-42)38(47)44-35(39(48)49)11-5-6-18-43-41(51)52-22-31-28-9-3-1-7-26(28)27-8-2-4-10-29(27)31/h2*1-4,7-10,12-17,19-21,31,35,45-46H,5-6,11,18,22H2,(H,43,51)(H,44,47)(H,48,49). The number of fused-ring (bicyclic) bond motifs is 18. The lowest BCUT2D eigenvalue weighted by molar-refractivity contribution is -0.140. The van der Waals surface area contributed by atoms with Crippen LogP contribution in [0.5, 0.6) is 46.0 Å². The van der Waals surface area contributed by atoms with Crippen molar-refractivity contribution in [1.29, 1.82) is 0 Å². The van der Waals surface area contributed by atoms with Crippen LogP contribution in [0.15, 0.2) is 206 Å². The molecule has 16 rings (SSSR count). The molecule has 0 saturated heterocycles. The highest BCUT2D eigenvalue weighted by molar-refractivity contribution is 6.04. The summed E-state index contributed by atoms with van der Waals surface area (Å²) < 4.78 is 35.2. The van der Waals surface area contributed by atoms with Crippen LogP contribution in [0.25, 0.3) is 22.3 Å². The van der Waals surface area contributed by atoms with Crippen LogP contribution in [0.1, 0.15) is 147 Å². The van der Waals surface area contributed by atoms with Gasteiger partial charge in [0.15, 0.2) is 11.2 Å². The van der Waals surface area contributed by atoms with Gasteiger partial charge in [-0.3, -0.25) is 9.59 Å². The van der Waals surface area contributed by atoms with Crippen LogP contribution in [-0.2, 0) is 39.7 Å². The smallest absolute Gasteiger partial charge is 0.407 e. The number of unbranched alkanes of at least 4 members (excludes halogenated alkanes) is 2. The zero-order chi connectivity index (χ0) is 75.1. The SMILES string of the molecule is O=C(NCCCCC(NC(=O)c1ccc2c(c1)C(=O)OC21c2ccc(O)cc2Oc2cc(O)ccc21)C(=O)O)OCC1c2ccccc2-c2ccccc21.O=C(NCCCCC(NC(=O)c1ccc2c(c1)C1(OC2=O)c2ccc(O)cc2Oc2cc(O)ccc21)C(=O)O)OCC1c2ccccc2-c2ccccc21. The molecule has 6 aliphatic rings. The van der Waals surface area contributed by atoms with Gasteiger partial charge in [-0.15, -0.1) is 0 Å². The molecule has 24 heteroatoms. The first-order valence-corrected chi connectivity index (χ1v) is 35.0. The molecule has 2 unspecified atom stereocenters. The Kier molecular flexibility index (Phi) is 18.7. The van der Waals surface area contributed by atoms with E-state index in [0.29, 0.717) is 59.1 Å². The number of carboxylic acids is 2. The summed E-state index contributed by atoms with van der Waals surface area (Å²) in [7, 11) is 0. The number of carbonyl (C=O) groups is 8. The number of esters is 2. The number of rotatable bonds is 20. The van der Waals surface area contributed by atoms with Crippen molar-refractivity contribution in [2.24, 2.45) is 0 Å². The molecule has 0 fully saturated rings. The number of ether oxygens (including phenoxy) is 6. The van der Waals surface area contributed by atoms with Crippen LogP contribution in [0, 0.1) is 0 Å². The van der Waals surface area contributed by atoms with Crippen LogP contribution in [0.3, 0.4) is 0 Å². The molecule has 0 bridgehead atoms. The van der Waals surface area contributed by atoms with E-state index in [1.54, 1.807) is 30.3 Å². The van der Waals surface area contributed by atoms with Crippen molar-refractivity contribution in [3.8, 4) is 68.2 Å². The van der Waals surface area contributed by atoms with E-state index in [9.17, 15) is 69.0 Å². The number of nitrogens with one attached hydrogen (secondary N) is 4. The molecular formula is C84H68N4O20. The Hall–Kier alpha value is -13.6. The lowest BCUT2D eigenvalue weighted by Gasteiger charge is -2.36. The van der Waals surface area contributed by atoms with Gasteiger partial charge in [-0.1, -0.05) is 103 Å². The highest BCUT2D eigenvalue weighted by atomic mass is 16.6. The van der Waals surface area contributed by atoms with Gasteiger partial charge in [0.1, 0.15) is 71.3 Å². The number of aliphatic carboxylic acids is 2. The summed E-state index contributed by atoms with van der Waals surface area (Å²) in [5.74, 6) is -4.91. The summed E-state index contributed by atoms with van der Waals surface area (Å²) in [4.78, 5) is 103. The number of hydrogen-bond acceptors (Lipinski definition) is 18. The van der Waals surface area contributed by atoms with Crippen LogP contribution >= 0.6 is 0 Å². The van der Waals surface area contributed by atoms with Gasteiger partial charge < -0.3 is 80.3 Å². The number of hydrogen-bond donors (Lipinski definition) is 10. The van der Waals surface area contributed by atoms with Crippen LogP contribution in [-0.4, -0.2) is 117 Å². The molecule has 544 valence electrons. The van der Waals surface area contributed by atoms with E-state index < -0.39 is 71.2 Å². The molecule has 0 saturated carbocycles. The number of benzene rings is 10. The van der Waals surface area contributed by atoms with E-state index in [1.165, 1.54) is 78.9 Å². The molecule has 2 atom stereocenters. The predicted octanol–water partition coefficient (Wildman–Crippen LogP) is 13.1. The average Bonchev–Trinajstić information content (AvgIpc) is 1.46. The van der Waals surface area contributed by atoms with Gasteiger partial charge in [-0.2, -0.15) is 0 Å². The molecule has 24 nitrogen and oxygen atoms in total. The molecule has 2 aliphatic carbocycles. The molecule has 2 spiro atoms. The van der Waals surface area contributed by atoms with Gasteiger partial charge in [-0.25, -0.2) is 28.8 Å². The second kappa shape index (κ2) is 28.8. The number of amides is 4. The van der Waals surface area contributed by atoms with E-state index in [0.717, 1.165) is 44.5 Å². The number of phenols is 4. The van der Waals surface area contributed by atoms with Crippen molar-refractivity contribution in [2.45, 2.75) is 73.6 Å². The lowest BCUT2D eigenvalue weighted by Crippen LogP contribution is -2.41. The van der Waals surface area contributed by atoms with Crippen molar-refractivity contribution in [3.63, 3.8) is 0 Å². The largest absolute Gasteiger partial charge is 0.508 e. The Balaban J connectivity index is 0.000000172. The fourth-order valence-electron chi connectivity index (χ4n) is 15.3. The highest BCUT2D eigenvalue weighted by Crippen LogP contribution is 2.59. The minimum absolute atomic E-state index is 0.0508.